The van der Waals surface area contributed by atoms with Crippen LogP contribution in [0.3, 0.4) is 0 Å². The largest absolute Gasteiger partial charge is 0.444 e. The van der Waals surface area contributed by atoms with Crippen molar-refractivity contribution in [1.82, 2.24) is 20.0 Å². The Balaban J connectivity index is 1.17. The molecule has 2 aromatic carbocycles. The average molecular weight is 544 g/mol. The van der Waals surface area contributed by atoms with Crippen molar-refractivity contribution < 1.29 is 18.7 Å². The number of halogens is 1. The van der Waals surface area contributed by atoms with Crippen molar-refractivity contribution in [2.24, 2.45) is 30.7 Å². The fourth-order valence-electron chi connectivity index (χ4n) is 7.18. The number of aryl methyl sites for hydroxylation is 1. The van der Waals surface area contributed by atoms with Gasteiger partial charge in [-0.15, -0.1) is 0 Å². The Morgan fingerprint density at radius 1 is 1.20 bits per heavy atom. The van der Waals surface area contributed by atoms with Gasteiger partial charge >= 0.3 is 6.09 Å². The molecule has 3 aromatic rings. The molecule has 6 rings (SSSR count). The van der Waals surface area contributed by atoms with Crippen LogP contribution >= 0.6 is 0 Å². The Labute approximate surface area is 233 Å². The number of likely N-dealkylation sites (tertiary alicyclic amines) is 1. The Morgan fingerprint density at radius 2 is 1.93 bits per heavy atom. The summed E-state index contributed by atoms with van der Waals surface area (Å²) in [4.78, 5) is 28.3. The van der Waals surface area contributed by atoms with Crippen molar-refractivity contribution in [3.63, 3.8) is 0 Å². The van der Waals surface area contributed by atoms with Crippen LogP contribution in [0.4, 0.5) is 9.18 Å². The Bertz CT molecular complexity index is 1550. The van der Waals surface area contributed by atoms with Crippen LogP contribution in [0.2, 0.25) is 0 Å². The molecular formula is C31H34FN5O3. The van der Waals surface area contributed by atoms with Gasteiger partial charge in [0.2, 0.25) is 5.91 Å². The first-order valence-electron chi connectivity index (χ1n) is 13.9. The number of piperidine rings is 1. The van der Waals surface area contributed by atoms with Crippen molar-refractivity contribution in [2.45, 2.75) is 64.3 Å². The summed E-state index contributed by atoms with van der Waals surface area (Å²) in [7, 11) is 1.87. The Hall–Kier alpha value is -3.93. The van der Waals surface area contributed by atoms with Gasteiger partial charge in [-0.05, 0) is 85.8 Å². The smallest absolute Gasteiger partial charge is 0.411 e. The van der Waals surface area contributed by atoms with Gasteiger partial charge in [-0.25, -0.2) is 9.18 Å². The third kappa shape index (κ3) is 4.40. The van der Waals surface area contributed by atoms with E-state index in [0.717, 1.165) is 22.9 Å². The maximum absolute atomic E-state index is 15.2. The van der Waals surface area contributed by atoms with Gasteiger partial charge in [0.25, 0.3) is 0 Å². The molecular weight excluding hydrogens is 509 g/mol. The van der Waals surface area contributed by atoms with E-state index in [9.17, 15) is 14.9 Å². The first-order valence-corrected chi connectivity index (χ1v) is 13.9. The number of carbonyl (C=O) groups is 2. The lowest BCUT2D eigenvalue weighted by atomic mass is 9.94. The normalized spacial score (nSPS) is 27.3. The van der Waals surface area contributed by atoms with E-state index in [0.29, 0.717) is 28.9 Å². The van der Waals surface area contributed by atoms with Crippen LogP contribution in [0.1, 0.15) is 39.7 Å². The van der Waals surface area contributed by atoms with Crippen LogP contribution in [0.15, 0.2) is 42.6 Å². The average Bonchev–Trinajstić information content (AvgIpc) is 3.21. The predicted molar refractivity (Wildman–Crippen MR) is 147 cm³/mol. The third-order valence-corrected chi connectivity index (χ3v) is 8.93. The van der Waals surface area contributed by atoms with Crippen molar-refractivity contribution in [3.05, 3.63) is 54.0 Å². The summed E-state index contributed by atoms with van der Waals surface area (Å²) in [5.41, 5.74) is 2.22. The van der Waals surface area contributed by atoms with Crippen LogP contribution in [0, 0.1) is 40.8 Å². The van der Waals surface area contributed by atoms with Crippen molar-refractivity contribution in [1.29, 1.82) is 5.26 Å². The number of benzene rings is 2. The Morgan fingerprint density at radius 3 is 2.62 bits per heavy atom. The molecule has 2 amide bonds. The number of fused-ring (bicyclic) bond motifs is 6. The molecule has 2 heterocycles. The zero-order chi connectivity index (χ0) is 28.5. The zero-order valence-corrected chi connectivity index (χ0v) is 23.4. The number of nitriles is 1. The molecule has 3 fully saturated rings. The summed E-state index contributed by atoms with van der Waals surface area (Å²) < 4.78 is 22.7. The van der Waals surface area contributed by atoms with E-state index in [2.05, 4.69) is 23.4 Å². The molecule has 1 N–H and O–H groups in total. The molecule has 0 spiro atoms. The van der Waals surface area contributed by atoms with E-state index in [4.69, 9.17) is 4.74 Å². The summed E-state index contributed by atoms with van der Waals surface area (Å²) in [5.74, 6) is 0.512. The number of aromatic nitrogens is 2. The van der Waals surface area contributed by atoms with Gasteiger partial charge in [0.1, 0.15) is 23.5 Å². The summed E-state index contributed by atoms with van der Waals surface area (Å²) in [6.07, 6.45) is 2.08. The van der Waals surface area contributed by atoms with Crippen molar-refractivity contribution >= 4 is 22.9 Å². The maximum Gasteiger partial charge on any atom is 0.411 e. The number of carbonyl (C=O) groups excluding carboxylic acids is 2. The van der Waals surface area contributed by atoms with Gasteiger partial charge in [0, 0.05) is 24.9 Å². The number of rotatable bonds is 5. The van der Waals surface area contributed by atoms with Gasteiger partial charge in [-0.2, -0.15) is 10.4 Å². The lowest BCUT2D eigenvalue weighted by Crippen LogP contribution is -2.56. The fraction of sp³-hybridized carbons (Fsp3) is 0.484. The van der Waals surface area contributed by atoms with Crippen LogP contribution < -0.4 is 5.32 Å². The molecule has 1 aliphatic heterocycles. The van der Waals surface area contributed by atoms with Gasteiger partial charge in [0.15, 0.2) is 0 Å². The molecule has 208 valence electrons. The molecule has 8 nitrogen and oxygen atoms in total. The predicted octanol–water partition coefficient (Wildman–Crippen LogP) is 4.82. The molecule has 1 saturated heterocycles. The summed E-state index contributed by atoms with van der Waals surface area (Å²) >= 11 is 0. The number of hydrogen-bond acceptors (Lipinski definition) is 5. The highest BCUT2D eigenvalue weighted by Crippen LogP contribution is 2.67. The molecule has 3 aliphatic rings. The van der Waals surface area contributed by atoms with Gasteiger partial charge in [-0.1, -0.05) is 25.1 Å². The monoisotopic (exact) mass is 543 g/mol. The van der Waals surface area contributed by atoms with Crippen LogP contribution in [-0.4, -0.2) is 50.4 Å². The van der Waals surface area contributed by atoms with Crippen LogP contribution in [0.25, 0.3) is 22.0 Å². The Kier molecular flexibility index (Phi) is 6.13. The first-order chi connectivity index (χ1) is 19.0. The summed E-state index contributed by atoms with van der Waals surface area (Å²) in [5, 5.41) is 17.9. The number of hydrogen-bond donors (Lipinski definition) is 1. The molecule has 2 saturated carbocycles. The minimum atomic E-state index is -0.938. The third-order valence-electron chi connectivity index (χ3n) is 8.93. The lowest BCUT2D eigenvalue weighted by molar-refractivity contribution is -0.128. The number of ether oxygens (including phenoxy) is 1. The molecule has 1 aromatic heterocycles. The standard InChI is InChI=1S/C31H34FN5O3/c1-16-26-22-13-25(27(16)26)37(30(39)40-31(2,3)4)28(22)29(38)35-21(14-33)11-19-7-6-18(12-23(19)32)17-8-9-24-20(10-17)15-34-36(24)5/h6-10,12,15-16,21-22,25-28H,11,13H2,1-5H3,(H,35,38)/t16?,21-,22+,25-,26?,27?,28-/m0/s1. The topological polar surface area (TPSA) is 100 Å². The molecule has 7 atom stereocenters. The minimum absolute atomic E-state index is 0.0195. The van der Waals surface area contributed by atoms with Gasteiger partial charge in [-0.3, -0.25) is 14.4 Å². The molecule has 2 aliphatic carbocycles. The number of nitrogens with one attached hydrogen (secondary N) is 1. The number of nitrogens with zero attached hydrogens (tertiary/aromatic N) is 4. The van der Waals surface area contributed by atoms with E-state index < -0.39 is 29.6 Å². The number of amides is 2. The minimum Gasteiger partial charge on any atom is -0.444 e. The molecule has 2 bridgehead atoms. The van der Waals surface area contributed by atoms with Gasteiger partial charge < -0.3 is 10.1 Å². The highest BCUT2D eigenvalue weighted by Gasteiger charge is 2.71. The van der Waals surface area contributed by atoms with Gasteiger partial charge in [0.05, 0.1) is 17.8 Å². The SMILES string of the molecule is CC1C2C1[C@@H]1C[C@H]2[C@@H](C(=O)N[C@H](C#N)Cc2ccc(-c3ccc4c(cnn4C)c3)cc2F)N1C(=O)OC(C)(C)C. The molecule has 0 radical (unpaired) electrons. The summed E-state index contributed by atoms with van der Waals surface area (Å²) in [6, 6.07) is 11.2. The second-order valence-corrected chi connectivity index (χ2v) is 12.6. The highest BCUT2D eigenvalue weighted by atomic mass is 19.1. The zero-order valence-electron chi connectivity index (χ0n) is 23.4. The first kappa shape index (κ1) is 26.3. The quantitative estimate of drug-likeness (QED) is 0.497. The molecule has 3 unspecified atom stereocenters. The molecule has 9 heteroatoms. The lowest BCUT2D eigenvalue weighted by Gasteiger charge is -2.35. The molecule has 40 heavy (non-hydrogen) atoms. The van der Waals surface area contributed by atoms with E-state index in [1.807, 2.05) is 31.3 Å². The maximum atomic E-state index is 15.2. The highest BCUT2D eigenvalue weighted by molar-refractivity contribution is 5.88. The van der Waals surface area contributed by atoms with Crippen LogP contribution in [0.5, 0.6) is 0 Å². The van der Waals surface area contributed by atoms with E-state index >= 15 is 4.39 Å². The van der Waals surface area contributed by atoms with E-state index in [-0.39, 0.29) is 24.3 Å². The van der Waals surface area contributed by atoms with E-state index in [1.165, 1.54) is 6.07 Å². The van der Waals surface area contributed by atoms with Crippen molar-refractivity contribution in [3.8, 4) is 17.2 Å². The van der Waals surface area contributed by atoms with Crippen LogP contribution in [-0.2, 0) is 23.0 Å². The summed E-state index contributed by atoms with van der Waals surface area (Å²) in [6.45, 7) is 7.58. The second-order valence-electron chi connectivity index (χ2n) is 12.6. The second kappa shape index (κ2) is 9.33. The fourth-order valence-corrected chi connectivity index (χ4v) is 7.18. The van der Waals surface area contributed by atoms with Crippen molar-refractivity contribution in [2.75, 3.05) is 0 Å². The van der Waals surface area contributed by atoms with E-state index in [1.54, 1.807) is 42.6 Å².